The molecule has 2 heterocycles. The van der Waals surface area contributed by atoms with Crippen LogP contribution in [0.4, 0.5) is 0 Å². The summed E-state index contributed by atoms with van der Waals surface area (Å²) in [5, 5.41) is 3.60. The van der Waals surface area contributed by atoms with E-state index in [9.17, 15) is 9.59 Å². The normalized spacial score (nSPS) is 10.7. The van der Waals surface area contributed by atoms with Gasteiger partial charge in [0.2, 0.25) is 0 Å². The summed E-state index contributed by atoms with van der Waals surface area (Å²) in [5.74, 6) is -0.591. The van der Waals surface area contributed by atoms with E-state index in [0.29, 0.717) is 6.54 Å². The fourth-order valence-electron chi connectivity index (χ4n) is 2.36. The van der Waals surface area contributed by atoms with Crippen LogP contribution in [0.25, 0.3) is 10.2 Å². The van der Waals surface area contributed by atoms with Crippen molar-refractivity contribution in [3.8, 4) is 0 Å². The summed E-state index contributed by atoms with van der Waals surface area (Å²) in [4.78, 5) is 34.9. The van der Waals surface area contributed by atoms with Crippen LogP contribution in [0, 0.1) is 6.92 Å². The Morgan fingerprint density at radius 2 is 1.96 bits per heavy atom. The fourth-order valence-corrected chi connectivity index (χ4v) is 3.94. The number of nitrogens with zero attached hydrogens (tertiary/aromatic N) is 3. The summed E-state index contributed by atoms with van der Waals surface area (Å²) in [5.41, 5.74) is 2.20. The number of fused-ring (bicyclic) bond motifs is 1. The largest absolute Gasteiger partial charge is 0.455 e. The average Bonchev–Trinajstić information content (AvgIpc) is 3.15. The van der Waals surface area contributed by atoms with Gasteiger partial charge in [0.1, 0.15) is 16.2 Å². The number of thioether (sulfide) groups is 1. The molecule has 1 aromatic carbocycles. The first kappa shape index (κ1) is 19.3. The lowest BCUT2D eigenvalue weighted by molar-refractivity contribution is -0.149. The second-order valence-corrected chi connectivity index (χ2v) is 7.86. The number of aryl methyl sites for hydroxylation is 1. The molecule has 6 nitrogen and oxygen atoms in total. The minimum atomic E-state index is -0.445. The highest BCUT2D eigenvalue weighted by Gasteiger charge is 2.14. The second kappa shape index (κ2) is 8.96. The van der Waals surface area contributed by atoms with Crippen LogP contribution in [0.3, 0.4) is 0 Å². The molecule has 0 fully saturated rings. The van der Waals surface area contributed by atoms with E-state index < -0.39 is 5.97 Å². The molecule has 0 aliphatic heterocycles. The maximum absolute atomic E-state index is 12.2. The van der Waals surface area contributed by atoms with Crippen LogP contribution in [0.1, 0.15) is 11.1 Å². The monoisotopic (exact) mass is 401 g/mol. The molecule has 0 saturated heterocycles. The van der Waals surface area contributed by atoms with Gasteiger partial charge in [-0.25, -0.2) is 9.97 Å². The summed E-state index contributed by atoms with van der Waals surface area (Å²) < 4.78 is 5.11. The van der Waals surface area contributed by atoms with Crippen LogP contribution < -0.4 is 0 Å². The van der Waals surface area contributed by atoms with Gasteiger partial charge < -0.3 is 9.64 Å². The highest BCUT2D eigenvalue weighted by molar-refractivity contribution is 8.00. The number of aromatic nitrogens is 2. The molecule has 140 valence electrons. The number of hydrogen-bond acceptors (Lipinski definition) is 7. The Morgan fingerprint density at radius 3 is 2.74 bits per heavy atom. The number of rotatable bonds is 7. The smallest absolute Gasteiger partial charge is 0.316 e. The standard InChI is InChI=1S/C19H19N3O3S2/c1-13-3-5-14(6-4-13)9-22(2)16(23)10-25-17(24)11-27-19-15-7-8-26-18(15)20-12-21-19/h3-8,12H,9-11H2,1-2H3. The molecule has 0 aliphatic carbocycles. The topological polar surface area (TPSA) is 72.4 Å². The minimum absolute atomic E-state index is 0.0942. The van der Waals surface area contributed by atoms with E-state index in [-0.39, 0.29) is 18.3 Å². The molecule has 0 aliphatic rings. The Balaban J connectivity index is 1.45. The van der Waals surface area contributed by atoms with Crippen LogP contribution in [-0.2, 0) is 20.9 Å². The average molecular weight is 402 g/mol. The summed E-state index contributed by atoms with van der Waals surface area (Å²) in [6, 6.07) is 9.89. The molecule has 0 unspecified atom stereocenters. The molecular weight excluding hydrogens is 382 g/mol. The van der Waals surface area contributed by atoms with Gasteiger partial charge in [0, 0.05) is 19.0 Å². The van der Waals surface area contributed by atoms with Crippen molar-refractivity contribution < 1.29 is 14.3 Å². The molecule has 0 atom stereocenters. The predicted octanol–water partition coefficient (Wildman–Crippen LogP) is 3.29. The first-order valence-electron chi connectivity index (χ1n) is 8.29. The van der Waals surface area contributed by atoms with Gasteiger partial charge in [-0.05, 0) is 23.9 Å². The molecule has 0 spiro atoms. The molecule has 1 amide bonds. The van der Waals surface area contributed by atoms with E-state index in [0.717, 1.165) is 20.8 Å². The number of esters is 1. The third-order valence-corrected chi connectivity index (χ3v) is 5.67. The van der Waals surface area contributed by atoms with Crippen molar-refractivity contribution in [3.05, 3.63) is 53.2 Å². The van der Waals surface area contributed by atoms with Crippen LogP contribution in [0.5, 0.6) is 0 Å². The van der Waals surface area contributed by atoms with Crippen LogP contribution in [0.2, 0.25) is 0 Å². The lowest BCUT2D eigenvalue weighted by Gasteiger charge is -2.17. The summed E-state index contributed by atoms with van der Waals surface area (Å²) in [6.45, 7) is 2.23. The third-order valence-electron chi connectivity index (χ3n) is 3.87. The highest BCUT2D eigenvalue weighted by atomic mass is 32.2. The Bertz CT molecular complexity index is 941. The number of carbonyl (C=O) groups is 2. The fraction of sp³-hybridized carbons (Fsp3) is 0.263. The summed E-state index contributed by atoms with van der Waals surface area (Å²) in [6.07, 6.45) is 1.48. The van der Waals surface area contributed by atoms with E-state index in [1.54, 1.807) is 11.9 Å². The quantitative estimate of drug-likeness (QED) is 0.344. The zero-order valence-corrected chi connectivity index (χ0v) is 16.7. The number of benzene rings is 1. The first-order chi connectivity index (χ1) is 13.0. The zero-order chi connectivity index (χ0) is 19.2. The van der Waals surface area contributed by atoms with Crippen LogP contribution >= 0.6 is 23.1 Å². The number of hydrogen-bond donors (Lipinski definition) is 0. The second-order valence-electron chi connectivity index (χ2n) is 6.00. The van der Waals surface area contributed by atoms with E-state index in [1.165, 1.54) is 35.0 Å². The molecule has 3 aromatic rings. The Kier molecular flexibility index (Phi) is 6.41. The molecule has 0 bridgehead atoms. The SMILES string of the molecule is Cc1ccc(CN(C)C(=O)COC(=O)CSc2ncnc3sccc23)cc1. The van der Waals surface area contributed by atoms with Crippen molar-refractivity contribution >= 4 is 45.2 Å². The maximum atomic E-state index is 12.2. The van der Waals surface area contributed by atoms with Crippen molar-refractivity contribution in [2.75, 3.05) is 19.4 Å². The number of carbonyl (C=O) groups excluding carboxylic acids is 2. The van der Waals surface area contributed by atoms with Gasteiger partial charge in [0.05, 0.1) is 5.75 Å². The van der Waals surface area contributed by atoms with E-state index in [1.807, 2.05) is 42.6 Å². The van der Waals surface area contributed by atoms with Gasteiger partial charge in [-0.15, -0.1) is 11.3 Å². The summed E-state index contributed by atoms with van der Waals surface area (Å²) >= 11 is 2.81. The van der Waals surface area contributed by atoms with Crippen molar-refractivity contribution in [2.24, 2.45) is 0 Å². The highest BCUT2D eigenvalue weighted by Crippen LogP contribution is 2.27. The van der Waals surface area contributed by atoms with Gasteiger partial charge in [-0.1, -0.05) is 41.6 Å². The lowest BCUT2D eigenvalue weighted by atomic mass is 10.1. The number of thiophene rings is 1. The Hall–Kier alpha value is -2.45. The predicted molar refractivity (Wildman–Crippen MR) is 107 cm³/mol. The minimum Gasteiger partial charge on any atom is -0.455 e. The van der Waals surface area contributed by atoms with Crippen LogP contribution in [0.15, 0.2) is 47.1 Å². The first-order valence-corrected chi connectivity index (χ1v) is 10.2. The van der Waals surface area contributed by atoms with E-state index in [2.05, 4.69) is 9.97 Å². The molecule has 27 heavy (non-hydrogen) atoms. The molecule has 0 saturated carbocycles. The maximum Gasteiger partial charge on any atom is 0.316 e. The van der Waals surface area contributed by atoms with E-state index in [4.69, 9.17) is 4.74 Å². The molecule has 8 heteroatoms. The van der Waals surface area contributed by atoms with Gasteiger partial charge >= 0.3 is 5.97 Å². The van der Waals surface area contributed by atoms with Crippen molar-refractivity contribution in [1.29, 1.82) is 0 Å². The van der Waals surface area contributed by atoms with Crippen molar-refractivity contribution in [3.63, 3.8) is 0 Å². The van der Waals surface area contributed by atoms with Gasteiger partial charge in [-0.3, -0.25) is 9.59 Å². The van der Waals surface area contributed by atoms with Gasteiger partial charge in [0.25, 0.3) is 5.91 Å². The zero-order valence-electron chi connectivity index (χ0n) is 15.0. The number of likely N-dealkylation sites (N-methyl/N-ethyl adjacent to an activating group) is 1. The molecule has 2 aromatic heterocycles. The molecule has 3 rings (SSSR count). The third kappa shape index (κ3) is 5.27. The number of ether oxygens (including phenoxy) is 1. The van der Waals surface area contributed by atoms with Gasteiger partial charge in [0.15, 0.2) is 6.61 Å². The lowest BCUT2D eigenvalue weighted by Crippen LogP contribution is -2.31. The van der Waals surface area contributed by atoms with E-state index >= 15 is 0 Å². The van der Waals surface area contributed by atoms with Crippen LogP contribution in [-0.4, -0.2) is 46.2 Å². The molecular formula is C19H19N3O3S2. The number of amides is 1. The van der Waals surface area contributed by atoms with Gasteiger partial charge in [-0.2, -0.15) is 0 Å². The summed E-state index contributed by atoms with van der Waals surface area (Å²) in [7, 11) is 1.69. The van der Waals surface area contributed by atoms with Crippen molar-refractivity contribution in [2.45, 2.75) is 18.5 Å². The van der Waals surface area contributed by atoms with Crippen molar-refractivity contribution in [1.82, 2.24) is 14.9 Å². The molecule has 0 radical (unpaired) electrons. The Labute approximate surface area is 165 Å². The molecule has 0 N–H and O–H groups in total. The Morgan fingerprint density at radius 1 is 1.19 bits per heavy atom.